The molecule has 6 nitrogen and oxygen atoms in total. The van der Waals surface area contributed by atoms with Crippen LogP contribution in [0.4, 0.5) is 13.2 Å². The van der Waals surface area contributed by atoms with Crippen LogP contribution in [0.3, 0.4) is 0 Å². The van der Waals surface area contributed by atoms with Crippen molar-refractivity contribution in [3.05, 3.63) is 82.8 Å². The Kier molecular flexibility index (Phi) is 7.19. The van der Waals surface area contributed by atoms with E-state index in [9.17, 15) is 22.8 Å². The molecule has 5 rings (SSSR count). The average molecular weight is 542 g/mol. The lowest BCUT2D eigenvalue weighted by atomic mass is 9.81. The number of thioether (sulfide) groups is 1. The van der Waals surface area contributed by atoms with Gasteiger partial charge in [-0.15, -0.1) is 11.8 Å². The molecule has 0 bridgehead atoms. The average Bonchev–Trinajstić information content (AvgIpc) is 3.24. The molecule has 3 heterocycles. The smallest absolute Gasteiger partial charge is 0.270 e. The number of amides is 2. The Balaban J connectivity index is 1.30. The minimum Gasteiger partial charge on any atom is -0.380 e. The molecule has 1 unspecified atom stereocenters. The molecule has 2 saturated heterocycles. The quantitative estimate of drug-likeness (QED) is 0.465. The Bertz CT molecular complexity index is 1370. The summed E-state index contributed by atoms with van der Waals surface area (Å²) in [4.78, 5) is 33.0. The van der Waals surface area contributed by atoms with Crippen LogP contribution < -0.4 is 5.32 Å². The van der Waals surface area contributed by atoms with E-state index in [4.69, 9.17) is 4.74 Å². The summed E-state index contributed by atoms with van der Waals surface area (Å²) in [6, 6.07) is 10.9. The first-order valence-electron chi connectivity index (χ1n) is 12.1. The highest BCUT2D eigenvalue weighted by Gasteiger charge is 2.53. The fraction of sp³-hybridized carbons (Fsp3) is 0.321. The van der Waals surface area contributed by atoms with Crippen molar-refractivity contribution in [2.75, 3.05) is 32.1 Å². The summed E-state index contributed by atoms with van der Waals surface area (Å²) in [7, 11) is 0. The molecule has 2 aromatic carbocycles. The number of carbonyl (C=O) groups is 2. The van der Waals surface area contributed by atoms with Crippen molar-refractivity contribution < 1.29 is 27.5 Å². The zero-order valence-electron chi connectivity index (χ0n) is 20.9. The number of hydrogen-bond acceptors (Lipinski definition) is 5. The summed E-state index contributed by atoms with van der Waals surface area (Å²) in [5, 5.41) is 2.90. The van der Waals surface area contributed by atoms with Crippen LogP contribution in [0.15, 0.2) is 53.4 Å². The van der Waals surface area contributed by atoms with Gasteiger partial charge in [0.05, 0.1) is 36.0 Å². The molecule has 2 fully saturated rings. The summed E-state index contributed by atoms with van der Waals surface area (Å²) in [5.41, 5.74) is 0.382. The van der Waals surface area contributed by atoms with Crippen LogP contribution in [-0.4, -0.2) is 59.8 Å². The van der Waals surface area contributed by atoms with Gasteiger partial charge in [0.1, 0.15) is 28.8 Å². The van der Waals surface area contributed by atoms with Crippen LogP contribution in [0.5, 0.6) is 0 Å². The van der Waals surface area contributed by atoms with Crippen LogP contribution in [-0.2, 0) is 9.53 Å². The number of aromatic nitrogens is 1. The highest BCUT2D eigenvalue weighted by atomic mass is 32.2. The van der Waals surface area contributed by atoms with Gasteiger partial charge in [-0.1, -0.05) is 24.3 Å². The van der Waals surface area contributed by atoms with Crippen molar-refractivity contribution in [2.45, 2.75) is 24.8 Å². The lowest BCUT2D eigenvalue weighted by Crippen LogP contribution is -2.57. The number of pyridine rings is 1. The van der Waals surface area contributed by atoms with Gasteiger partial charge in [-0.25, -0.2) is 18.2 Å². The van der Waals surface area contributed by atoms with Crippen molar-refractivity contribution in [2.24, 2.45) is 5.41 Å². The molecule has 0 radical (unpaired) electrons. The van der Waals surface area contributed by atoms with Gasteiger partial charge in [-0.2, -0.15) is 0 Å². The van der Waals surface area contributed by atoms with E-state index in [-0.39, 0.29) is 23.9 Å². The van der Waals surface area contributed by atoms with Gasteiger partial charge in [0.15, 0.2) is 0 Å². The standard InChI is InChI=1S/C28H26F3N3O3S/c1-16-5-3-6-17(2)26(16)38-12-23(35)34-11-22(28(13-34)14-37-15-28)33-27(36)21-10-9-20(31)25(32-21)24-18(29)7-4-8-19(24)30/h3-10,22H,11-15H2,1-2H3,(H,33,36). The predicted molar refractivity (Wildman–Crippen MR) is 137 cm³/mol. The Labute approximate surface area is 222 Å². The highest BCUT2D eigenvalue weighted by Crippen LogP contribution is 2.39. The lowest BCUT2D eigenvalue weighted by molar-refractivity contribution is -0.133. The fourth-order valence-corrected chi connectivity index (χ4v) is 6.01. The summed E-state index contributed by atoms with van der Waals surface area (Å²) in [6.07, 6.45) is 0. The second kappa shape index (κ2) is 10.4. The molecule has 0 saturated carbocycles. The van der Waals surface area contributed by atoms with Gasteiger partial charge < -0.3 is 15.0 Å². The number of halogens is 3. The van der Waals surface area contributed by atoms with Gasteiger partial charge in [-0.05, 0) is 49.2 Å². The normalized spacial score (nSPS) is 17.9. The zero-order valence-corrected chi connectivity index (χ0v) is 21.7. The third kappa shape index (κ3) is 4.90. The van der Waals surface area contributed by atoms with Crippen LogP contribution in [0.25, 0.3) is 11.3 Å². The summed E-state index contributed by atoms with van der Waals surface area (Å²) >= 11 is 1.49. The van der Waals surface area contributed by atoms with E-state index < -0.39 is 46.1 Å². The van der Waals surface area contributed by atoms with Crippen LogP contribution >= 0.6 is 11.8 Å². The second-order valence-corrected chi connectivity index (χ2v) is 10.8. The van der Waals surface area contributed by atoms with Gasteiger partial charge in [0.2, 0.25) is 5.91 Å². The number of hydrogen-bond donors (Lipinski definition) is 1. The van der Waals surface area contributed by atoms with E-state index in [1.165, 1.54) is 11.8 Å². The van der Waals surface area contributed by atoms with Gasteiger partial charge in [0.25, 0.3) is 5.91 Å². The number of benzene rings is 2. The highest BCUT2D eigenvalue weighted by molar-refractivity contribution is 8.00. The van der Waals surface area contributed by atoms with Crippen molar-refractivity contribution in [1.82, 2.24) is 15.2 Å². The number of nitrogens with zero attached hydrogens (tertiary/aromatic N) is 2. The van der Waals surface area contributed by atoms with E-state index in [1.807, 2.05) is 32.0 Å². The van der Waals surface area contributed by atoms with E-state index in [0.29, 0.717) is 19.8 Å². The van der Waals surface area contributed by atoms with E-state index in [2.05, 4.69) is 10.3 Å². The number of rotatable bonds is 6. The molecule has 2 amide bonds. The molecular weight excluding hydrogens is 515 g/mol. The van der Waals surface area contributed by atoms with Gasteiger partial charge >= 0.3 is 0 Å². The monoisotopic (exact) mass is 541 g/mol. The molecule has 38 heavy (non-hydrogen) atoms. The van der Waals surface area contributed by atoms with Crippen LogP contribution in [0.2, 0.25) is 0 Å². The molecular formula is C28H26F3N3O3S. The molecule has 1 aromatic heterocycles. The van der Waals surface area contributed by atoms with Gasteiger partial charge in [0, 0.05) is 18.0 Å². The van der Waals surface area contributed by atoms with E-state index >= 15 is 0 Å². The Morgan fingerprint density at radius 2 is 1.68 bits per heavy atom. The van der Waals surface area contributed by atoms with Crippen LogP contribution in [0.1, 0.15) is 21.6 Å². The first kappa shape index (κ1) is 26.2. The molecule has 2 aliphatic rings. The Morgan fingerprint density at radius 1 is 1.03 bits per heavy atom. The minimum atomic E-state index is -0.983. The van der Waals surface area contributed by atoms with Crippen molar-refractivity contribution in [3.63, 3.8) is 0 Å². The maximum Gasteiger partial charge on any atom is 0.270 e. The topological polar surface area (TPSA) is 71.5 Å². The van der Waals surface area contributed by atoms with E-state index in [0.717, 1.165) is 46.4 Å². The fourth-order valence-electron chi connectivity index (χ4n) is 4.97. The maximum atomic E-state index is 14.5. The molecule has 3 aromatic rings. The first-order valence-corrected chi connectivity index (χ1v) is 13.1. The number of likely N-dealkylation sites (tertiary alicyclic amines) is 1. The van der Waals surface area contributed by atoms with Crippen molar-refractivity contribution in [1.29, 1.82) is 0 Å². The molecule has 1 spiro atoms. The number of nitrogens with one attached hydrogen (secondary N) is 1. The van der Waals surface area contributed by atoms with Crippen molar-refractivity contribution in [3.8, 4) is 11.3 Å². The summed E-state index contributed by atoms with van der Waals surface area (Å²) in [6.45, 7) is 5.52. The maximum absolute atomic E-state index is 14.5. The first-order chi connectivity index (χ1) is 18.2. The minimum absolute atomic E-state index is 0.0436. The molecule has 10 heteroatoms. The SMILES string of the molecule is Cc1cccc(C)c1SCC(=O)N1CC(NC(=O)c2ccc(F)c(-c3c(F)cccc3F)n2)C2(COC2)C1. The number of ether oxygens (including phenoxy) is 1. The Hall–Kier alpha value is -3.37. The third-order valence-corrected chi connectivity index (χ3v) is 8.44. The van der Waals surface area contributed by atoms with Gasteiger partial charge in [-0.3, -0.25) is 9.59 Å². The van der Waals surface area contributed by atoms with Crippen LogP contribution in [0, 0.1) is 36.7 Å². The molecule has 1 N–H and O–H groups in total. The van der Waals surface area contributed by atoms with Crippen molar-refractivity contribution >= 4 is 23.6 Å². The molecule has 1 atom stereocenters. The zero-order chi connectivity index (χ0) is 27.0. The number of carbonyl (C=O) groups excluding carboxylic acids is 2. The summed E-state index contributed by atoms with van der Waals surface area (Å²) < 4.78 is 48.4. The summed E-state index contributed by atoms with van der Waals surface area (Å²) in [5.74, 6) is -3.32. The number of aryl methyl sites for hydroxylation is 2. The predicted octanol–water partition coefficient (Wildman–Crippen LogP) is 4.53. The molecule has 0 aliphatic carbocycles. The largest absolute Gasteiger partial charge is 0.380 e. The molecule has 198 valence electrons. The van der Waals surface area contributed by atoms with E-state index in [1.54, 1.807) is 4.90 Å². The third-order valence-electron chi connectivity index (χ3n) is 7.11. The lowest BCUT2D eigenvalue weighted by Gasteiger charge is -2.42. The Morgan fingerprint density at radius 3 is 2.32 bits per heavy atom. The molecule has 2 aliphatic heterocycles. The second-order valence-electron chi connectivity index (χ2n) is 9.79.